The Morgan fingerprint density at radius 2 is 1.95 bits per heavy atom. The van der Waals surface area contributed by atoms with Crippen molar-refractivity contribution in [2.75, 3.05) is 6.54 Å². The number of aromatic hydroxyl groups is 1. The van der Waals surface area contributed by atoms with E-state index in [9.17, 15) is 20.1 Å². The van der Waals surface area contributed by atoms with Gasteiger partial charge in [0.1, 0.15) is 23.6 Å². The van der Waals surface area contributed by atoms with Crippen LogP contribution in [0.2, 0.25) is 0 Å². The Labute approximate surface area is 124 Å². The third kappa shape index (κ3) is 5.24. The standard InChI is InChI=1S/C15H23NO5/c1-9-10(6-5-7-11(9)17)13(19)12(18)8-16-14(20)21-15(2,3)4/h5-7,12-13,17-19H,8H2,1-4H3,(H,16,20). The number of aliphatic hydroxyl groups excluding tert-OH is 2. The molecule has 2 atom stereocenters. The van der Waals surface area contributed by atoms with Crippen LogP contribution in [0.5, 0.6) is 5.75 Å². The molecule has 4 N–H and O–H groups in total. The van der Waals surface area contributed by atoms with Crippen LogP contribution >= 0.6 is 0 Å². The predicted octanol–water partition coefficient (Wildman–Crippen LogP) is 1.62. The lowest BCUT2D eigenvalue weighted by molar-refractivity contribution is 0.0125. The Morgan fingerprint density at radius 1 is 1.33 bits per heavy atom. The number of alkyl carbamates (subject to hydrolysis) is 1. The molecule has 0 aliphatic rings. The molecule has 6 nitrogen and oxygen atoms in total. The van der Waals surface area contributed by atoms with E-state index >= 15 is 0 Å². The summed E-state index contributed by atoms with van der Waals surface area (Å²) in [6, 6.07) is 4.68. The highest BCUT2D eigenvalue weighted by Gasteiger charge is 2.23. The van der Waals surface area contributed by atoms with Crippen LogP contribution in [0.25, 0.3) is 0 Å². The van der Waals surface area contributed by atoms with Gasteiger partial charge >= 0.3 is 6.09 Å². The molecule has 0 aliphatic heterocycles. The van der Waals surface area contributed by atoms with E-state index in [2.05, 4.69) is 5.32 Å². The summed E-state index contributed by atoms with van der Waals surface area (Å²) in [5.74, 6) is 0.0406. The summed E-state index contributed by atoms with van der Waals surface area (Å²) < 4.78 is 5.03. The molecule has 1 aromatic rings. The van der Waals surface area contributed by atoms with Crippen molar-refractivity contribution < 1.29 is 24.9 Å². The minimum atomic E-state index is -1.22. The molecule has 21 heavy (non-hydrogen) atoms. The summed E-state index contributed by atoms with van der Waals surface area (Å²) in [6.45, 7) is 6.67. The summed E-state index contributed by atoms with van der Waals surface area (Å²) in [7, 11) is 0. The molecule has 0 spiro atoms. The topological polar surface area (TPSA) is 99.0 Å². The molecule has 118 valence electrons. The molecule has 0 heterocycles. The second kappa shape index (κ2) is 6.78. The van der Waals surface area contributed by atoms with Crippen molar-refractivity contribution in [1.29, 1.82) is 0 Å². The summed E-state index contributed by atoms with van der Waals surface area (Å²) in [4.78, 5) is 11.5. The van der Waals surface area contributed by atoms with Crippen LogP contribution in [0.4, 0.5) is 4.79 Å². The molecule has 1 rings (SSSR count). The smallest absolute Gasteiger partial charge is 0.407 e. The number of nitrogens with one attached hydrogen (secondary N) is 1. The van der Waals surface area contributed by atoms with E-state index < -0.39 is 23.9 Å². The number of hydrogen-bond donors (Lipinski definition) is 4. The maximum absolute atomic E-state index is 11.5. The molecule has 0 aliphatic carbocycles. The van der Waals surface area contributed by atoms with E-state index in [0.29, 0.717) is 11.1 Å². The quantitative estimate of drug-likeness (QED) is 0.677. The number of hydrogen-bond acceptors (Lipinski definition) is 5. The van der Waals surface area contributed by atoms with Crippen molar-refractivity contribution in [3.8, 4) is 5.75 Å². The zero-order valence-electron chi connectivity index (χ0n) is 12.8. The van der Waals surface area contributed by atoms with Gasteiger partial charge < -0.3 is 25.4 Å². The first-order valence-corrected chi connectivity index (χ1v) is 6.73. The Kier molecular flexibility index (Phi) is 5.57. The van der Waals surface area contributed by atoms with Crippen LogP contribution < -0.4 is 5.32 Å². The Morgan fingerprint density at radius 3 is 2.52 bits per heavy atom. The SMILES string of the molecule is Cc1c(O)cccc1C(O)C(O)CNC(=O)OC(C)(C)C. The largest absolute Gasteiger partial charge is 0.508 e. The molecular weight excluding hydrogens is 274 g/mol. The van der Waals surface area contributed by atoms with Crippen LogP contribution in [0.3, 0.4) is 0 Å². The van der Waals surface area contributed by atoms with Crippen molar-refractivity contribution in [2.24, 2.45) is 0 Å². The maximum Gasteiger partial charge on any atom is 0.407 e. The van der Waals surface area contributed by atoms with E-state index in [1.807, 2.05) is 0 Å². The van der Waals surface area contributed by atoms with Crippen molar-refractivity contribution >= 4 is 6.09 Å². The van der Waals surface area contributed by atoms with Crippen LogP contribution in [0, 0.1) is 6.92 Å². The molecule has 0 aromatic heterocycles. The minimum Gasteiger partial charge on any atom is -0.508 e. The molecule has 6 heteroatoms. The van der Waals surface area contributed by atoms with Crippen LogP contribution in [-0.4, -0.2) is 39.7 Å². The fraction of sp³-hybridized carbons (Fsp3) is 0.533. The molecule has 0 fully saturated rings. The number of phenols is 1. The number of phenolic OH excluding ortho intramolecular Hbond substituents is 1. The highest BCUT2D eigenvalue weighted by molar-refractivity contribution is 5.67. The second-order valence-corrected chi connectivity index (χ2v) is 5.89. The number of ether oxygens (including phenoxy) is 1. The molecule has 0 saturated heterocycles. The average molecular weight is 297 g/mol. The van der Waals surface area contributed by atoms with Crippen molar-refractivity contribution in [2.45, 2.75) is 45.5 Å². The summed E-state index contributed by atoms with van der Waals surface area (Å²) in [5.41, 5.74) is 0.268. The van der Waals surface area contributed by atoms with Gasteiger partial charge in [-0.15, -0.1) is 0 Å². The predicted molar refractivity (Wildman–Crippen MR) is 78.0 cm³/mol. The molecular formula is C15H23NO5. The lowest BCUT2D eigenvalue weighted by Gasteiger charge is -2.23. The lowest BCUT2D eigenvalue weighted by Crippen LogP contribution is -2.39. The number of aliphatic hydroxyl groups is 2. The molecule has 0 bridgehead atoms. The summed E-state index contributed by atoms with van der Waals surface area (Å²) in [5, 5.41) is 32.0. The average Bonchev–Trinajstić information content (AvgIpc) is 2.36. The van der Waals surface area contributed by atoms with Gasteiger partial charge in [0.05, 0.1) is 0 Å². The van der Waals surface area contributed by atoms with Crippen molar-refractivity contribution in [1.82, 2.24) is 5.32 Å². The fourth-order valence-corrected chi connectivity index (χ4v) is 1.78. The Balaban J connectivity index is 2.61. The van der Waals surface area contributed by atoms with Gasteiger partial charge in [-0.25, -0.2) is 4.79 Å². The first-order valence-electron chi connectivity index (χ1n) is 6.73. The van der Waals surface area contributed by atoms with Gasteiger partial charge in [0, 0.05) is 6.54 Å². The number of carbonyl (C=O) groups excluding carboxylic acids is 1. The Bertz CT molecular complexity index is 495. The van der Waals surface area contributed by atoms with E-state index in [0.717, 1.165) is 0 Å². The zero-order chi connectivity index (χ0) is 16.2. The highest BCUT2D eigenvalue weighted by atomic mass is 16.6. The summed E-state index contributed by atoms with van der Waals surface area (Å²) in [6.07, 6.45) is -3.09. The molecule has 0 radical (unpaired) electrons. The number of amides is 1. The van der Waals surface area contributed by atoms with Gasteiger partial charge in [-0.1, -0.05) is 12.1 Å². The zero-order valence-corrected chi connectivity index (χ0v) is 12.8. The first kappa shape index (κ1) is 17.3. The normalized spacial score (nSPS) is 14.4. The molecule has 0 saturated carbocycles. The third-order valence-electron chi connectivity index (χ3n) is 2.88. The third-order valence-corrected chi connectivity index (χ3v) is 2.88. The van der Waals surface area contributed by atoms with Crippen LogP contribution in [0.15, 0.2) is 18.2 Å². The van der Waals surface area contributed by atoms with Crippen LogP contribution in [-0.2, 0) is 4.74 Å². The number of carbonyl (C=O) groups is 1. The van der Waals surface area contributed by atoms with Gasteiger partial charge in [-0.2, -0.15) is 0 Å². The molecule has 2 unspecified atom stereocenters. The summed E-state index contributed by atoms with van der Waals surface area (Å²) >= 11 is 0. The van der Waals surface area contributed by atoms with Gasteiger partial charge in [0.25, 0.3) is 0 Å². The van der Waals surface area contributed by atoms with E-state index in [1.54, 1.807) is 39.8 Å². The van der Waals surface area contributed by atoms with Gasteiger partial charge in [0.2, 0.25) is 0 Å². The van der Waals surface area contributed by atoms with Gasteiger partial charge in [-0.3, -0.25) is 0 Å². The van der Waals surface area contributed by atoms with Crippen molar-refractivity contribution in [3.63, 3.8) is 0 Å². The molecule has 1 amide bonds. The van der Waals surface area contributed by atoms with Crippen LogP contribution in [0.1, 0.15) is 38.0 Å². The highest BCUT2D eigenvalue weighted by Crippen LogP contribution is 2.26. The minimum absolute atomic E-state index is 0.0406. The monoisotopic (exact) mass is 297 g/mol. The molecule has 1 aromatic carbocycles. The fourth-order valence-electron chi connectivity index (χ4n) is 1.78. The van der Waals surface area contributed by atoms with E-state index in [4.69, 9.17) is 4.74 Å². The van der Waals surface area contributed by atoms with Gasteiger partial charge in [-0.05, 0) is 44.9 Å². The number of rotatable bonds is 4. The number of benzene rings is 1. The van der Waals surface area contributed by atoms with E-state index in [-0.39, 0.29) is 12.3 Å². The van der Waals surface area contributed by atoms with Crippen molar-refractivity contribution in [3.05, 3.63) is 29.3 Å². The Hall–Kier alpha value is -1.79. The maximum atomic E-state index is 11.5. The van der Waals surface area contributed by atoms with Gasteiger partial charge in [0.15, 0.2) is 0 Å². The lowest BCUT2D eigenvalue weighted by atomic mass is 9.99. The first-order chi connectivity index (χ1) is 9.61. The van der Waals surface area contributed by atoms with E-state index in [1.165, 1.54) is 6.07 Å². The second-order valence-electron chi connectivity index (χ2n) is 5.89.